The van der Waals surface area contributed by atoms with Crippen LogP contribution in [0.2, 0.25) is 0 Å². The van der Waals surface area contributed by atoms with Gasteiger partial charge in [-0.25, -0.2) is 0 Å². The van der Waals surface area contributed by atoms with E-state index in [1.807, 2.05) is 11.5 Å². The molecule has 0 amide bonds. The molecule has 0 aliphatic rings. The van der Waals surface area contributed by atoms with E-state index in [0.29, 0.717) is 5.39 Å². The molecule has 2 aromatic rings. The van der Waals surface area contributed by atoms with Crippen LogP contribution in [0.3, 0.4) is 0 Å². The lowest BCUT2D eigenvalue weighted by molar-refractivity contribution is 0.476. The van der Waals surface area contributed by atoms with Gasteiger partial charge in [-0.15, -0.1) is 0 Å². The lowest BCUT2D eigenvalue weighted by Crippen LogP contribution is -2.06. The Morgan fingerprint density at radius 3 is 2.86 bits per heavy atom. The first kappa shape index (κ1) is 8.81. The van der Waals surface area contributed by atoms with Crippen LogP contribution in [0.5, 0.6) is 5.75 Å². The van der Waals surface area contributed by atoms with Gasteiger partial charge in [-0.2, -0.15) is 0 Å². The highest BCUT2D eigenvalue weighted by Gasteiger charge is 2.01. The fourth-order valence-corrected chi connectivity index (χ4v) is 1.58. The molecule has 0 saturated carbocycles. The minimum absolute atomic E-state index is 0.0550. The molecule has 1 N–H and O–H groups in total. The molecule has 72 valence electrons. The minimum Gasteiger partial charge on any atom is -0.508 e. The number of pyridine rings is 1. The first-order valence-electron chi connectivity index (χ1n) is 4.54. The highest BCUT2D eigenvalue weighted by atomic mass is 16.3. The van der Waals surface area contributed by atoms with Gasteiger partial charge in [0.2, 0.25) is 0 Å². The van der Waals surface area contributed by atoms with Crippen molar-refractivity contribution in [3.8, 4) is 5.75 Å². The summed E-state index contributed by atoms with van der Waals surface area (Å²) < 4.78 is 1.97. The molecule has 14 heavy (non-hydrogen) atoms. The standard InChI is InChI=1S/C11H11NO2/c1-2-12-6-5-11(14)9-7-8(13)3-4-10(9)12/h3-7,13H,2H2,1H3. The molecule has 0 fully saturated rings. The number of rotatable bonds is 1. The van der Waals surface area contributed by atoms with Gasteiger partial charge >= 0.3 is 0 Å². The second-order valence-corrected chi connectivity index (χ2v) is 3.17. The van der Waals surface area contributed by atoms with E-state index in [4.69, 9.17) is 0 Å². The number of benzene rings is 1. The topological polar surface area (TPSA) is 42.2 Å². The number of aryl methyl sites for hydroxylation is 1. The molecule has 0 radical (unpaired) electrons. The number of nitrogens with zero attached hydrogens (tertiary/aromatic N) is 1. The third-order valence-corrected chi connectivity index (χ3v) is 2.30. The molecule has 0 unspecified atom stereocenters. The van der Waals surface area contributed by atoms with Crippen LogP contribution >= 0.6 is 0 Å². The summed E-state index contributed by atoms with van der Waals surface area (Å²) in [4.78, 5) is 11.5. The van der Waals surface area contributed by atoms with Gasteiger partial charge in [0.25, 0.3) is 0 Å². The first-order chi connectivity index (χ1) is 6.72. The fourth-order valence-electron chi connectivity index (χ4n) is 1.58. The summed E-state index contributed by atoms with van der Waals surface area (Å²) in [7, 11) is 0. The molecular weight excluding hydrogens is 178 g/mol. The van der Waals surface area contributed by atoms with Crippen molar-refractivity contribution in [1.82, 2.24) is 4.57 Å². The number of hydrogen-bond donors (Lipinski definition) is 1. The van der Waals surface area contributed by atoms with E-state index < -0.39 is 0 Å². The highest BCUT2D eigenvalue weighted by molar-refractivity contribution is 5.80. The zero-order chi connectivity index (χ0) is 10.1. The number of fused-ring (bicyclic) bond motifs is 1. The van der Waals surface area contributed by atoms with E-state index in [9.17, 15) is 9.90 Å². The van der Waals surface area contributed by atoms with Gasteiger partial charge in [0, 0.05) is 24.2 Å². The monoisotopic (exact) mass is 189 g/mol. The van der Waals surface area contributed by atoms with Crippen LogP contribution in [0.4, 0.5) is 0 Å². The first-order valence-corrected chi connectivity index (χ1v) is 4.54. The second kappa shape index (κ2) is 3.18. The Balaban J connectivity index is 2.91. The molecule has 2 rings (SSSR count). The second-order valence-electron chi connectivity index (χ2n) is 3.17. The molecular formula is C11H11NO2. The van der Waals surface area contributed by atoms with E-state index in [1.165, 1.54) is 12.1 Å². The Morgan fingerprint density at radius 2 is 2.14 bits per heavy atom. The summed E-state index contributed by atoms with van der Waals surface area (Å²) in [5, 5.41) is 9.83. The summed E-state index contributed by atoms with van der Waals surface area (Å²) in [6.07, 6.45) is 1.77. The molecule has 0 spiro atoms. The van der Waals surface area contributed by atoms with E-state index in [2.05, 4.69) is 0 Å². The van der Waals surface area contributed by atoms with Crippen molar-refractivity contribution in [1.29, 1.82) is 0 Å². The lowest BCUT2D eigenvalue weighted by Gasteiger charge is -2.07. The van der Waals surface area contributed by atoms with Crippen LogP contribution in [0.25, 0.3) is 10.9 Å². The van der Waals surface area contributed by atoms with Gasteiger partial charge in [-0.05, 0) is 25.1 Å². The van der Waals surface area contributed by atoms with Gasteiger partial charge in [0.1, 0.15) is 5.75 Å². The molecule has 0 atom stereocenters. The maximum atomic E-state index is 11.5. The average Bonchev–Trinajstić information content (AvgIpc) is 2.19. The molecule has 0 aliphatic heterocycles. The summed E-state index contributed by atoms with van der Waals surface area (Å²) in [6.45, 7) is 2.82. The van der Waals surface area contributed by atoms with Gasteiger partial charge in [0.15, 0.2) is 5.43 Å². The SMILES string of the molecule is CCn1ccc(=O)c2cc(O)ccc21. The zero-order valence-electron chi connectivity index (χ0n) is 7.90. The fraction of sp³-hybridized carbons (Fsp3) is 0.182. The lowest BCUT2D eigenvalue weighted by atomic mass is 10.2. The van der Waals surface area contributed by atoms with Crippen LogP contribution in [0.1, 0.15) is 6.92 Å². The predicted molar refractivity (Wildman–Crippen MR) is 55.5 cm³/mol. The van der Waals surface area contributed by atoms with Crippen molar-refractivity contribution in [3.05, 3.63) is 40.7 Å². The number of phenols is 1. The Bertz CT molecular complexity index is 528. The largest absolute Gasteiger partial charge is 0.508 e. The van der Waals surface area contributed by atoms with Crippen molar-refractivity contribution >= 4 is 10.9 Å². The van der Waals surface area contributed by atoms with Gasteiger partial charge in [-0.1, -0.05) is 0 Å². The Morgan fingerprint density at radius 1 is 1.36 bits per heavy atom. The Labute approximate surface area is 81.2 Å². The van der Waals surface area contributed by atoms with Crippen LogP contribution in [-0.4, -0.2) is 9.67 Å². The van der Waals surface area contributed by atoms with Crippen molar-refractivity contribution < 1.29 is 5.11 Å². The normalized spacial score (nSPS) is 10.6. The van der Waals surface area contributed by atoms with E-state index in [1.54, 1.807) is 18.3 Å². The number of hydrogen-bond acceptors (Lipinski definition) is 2. The summed E-state index contributed by atoms with van der Waals surface area (Å²) in [5.41, 5.74) is 0.804. The number of phenolic OH excluding ortho intramolecular Hbond substituents is 1. The summed E-state index contributed by atoms with van der Waals surface area (Å²) >= 11 is 0. The van der Waals surface area contributed by atoms with Crippen molar-refractivity contribution in [2.24, 2.45) is 0 Å². The number of aromatic nitrogens is 1. The molecule has 0 bridgehead atoms. The van der Waals surface area contributed by atoms with Crippen LogP contribution < -0.4 is 5.43 Å². The van der Waals surface area contributed by atoms with Crippen molar-refractivity contribution in [2.45, 2.75) is 13.5 Å². The Kier molecular flexibility index (Phi) is 2.00. The van der Waals surface area contributed by atoms with Gasteiger partial charge in [-0.3, -0.25) is 4.79 Å². The summed E-state index contributed by atoms with van der Waals surface area (Å²) in [6, 6.07) is 6.37. The van der Waals surface area contributed by atoms with Crippen molar-refractivity contribution in [3.63, 3.8) is 0 Å². The number of aromatic hydroxyl groups is 1. The predicted octanol–water partition coefficient (Wildman–Crippen LogP) is 1.73. The molecule has 0 saturated heterocycles. The Hall–Kier alpha value is -1.77. The van der Waals surface area contributed by atoms with Gasteiger partial charge < -0.3 is 9.67 Å². The third kappa shape index (κ3) is 1.27. The summed E-state index contributed by atoms with van der Waals surface area (Å²) in [5.74, 6) is 0.128. The zero-order valence-corrected chi connectivity index (χ0v) is 7.90. The maximum Gasteiger partial charge on any atom is 0.189 e. The van der Waals surface area contributed by atoms with Crippen LogP contribution in [0.15, 0.2) is 35.3 Å². The smallest absolute Gasteiger partial charge is 0.189 e. The quantitative estimate of drug-likeness (QED) is 0.742. The molecule has 1 aromatic carbocycles. The van der Waals surface area contributed by atoms with Crippen LogP contribution in [0, 0.1) is 0 Å². The van der Waals surface area contributed by atoms with E-state index in [0.717, 1.165) is 12.1 Å². The molecule has 0 aliphatic carbocycles. The molecule has 1 heterocycles. The van der Waals surface area contributed by atoms with Crippen LogP contribution in [-0.2, 0) is 6.54 Å². The van der Waals surface area contributed by atoms with Gasteiger partial charge in [0.05, 0.1) is 5.52 Å². The minimum atomic E-state index is -0.0550. The highest BCUT2D eigenvalue weighted by Crippen LogP contribution is 2.16. The molecule has 1 aromatic heterocycles. The van der Waals surface area contributed by atoms with E-state index >= 15 is 0 Å². The molecule has 3 heteroatoms. The maximum absolute atomic E-state index is 11.5. The average molecular weight is 189 g/mol. The van der Waals surface area contributed by atoms with Crippen molar-refractivity contribution in [2.75, 3.05) is 0 Å². The van der Waals surface area contributed by atoms with E-state index in [-0.39, 0.29) is 11.2 Å². The third-order valence-electron chi connectivity index (χ3n) is 2.30. The molecule has 3 nitrogen and oxygen atoms in total.